The van der Waals surface area contributed by atoms with Crippen LogP contribution in [0.2, 0.25) is 0 Å². The molecule has 0 aliphatic carbocycles. The Morgan fingerprint density at radius 3 is 2.82 bits per heavy atom. The maximum Gasteiger partial charge on any atom is 0.0237 e. The van der Waals surface area contributed by atoms with Gasteiger partial charge in [-0.15, -0.1) is 12.4 Å². The Bertz CT molecular complexity index is 365. The van der Waals surface area contributed by atoms with Gasteiger partial charge in [0.25, 0.3) is 0 Å². The summed E-state index contributed by atoms with van der Waals surface area (Å²) in [6.45, 7) is 7.70. The van der Waals surface area contributed by atoms with E-state index in [1.807, 2.05) is 0 Å². The first-order chi connectivity index (χ1) is 7.66. The average Bonchev–Trinajstić information content (AvgIpc) is 2.25. The van der Waals surface area contributed by atoms with Crippen LogP contribution in [0.4, 0.5) is 0 Å². The standard InChI is InChI=1S/C14H22N2.ClH/c1-11-5-3-6-13(12(11)2)9-16-8-4-7-14(15)10-16;/h3,5-6,14H,4,7-10,15H2,1-2H3;1H/t14-;/m1./s1. The van der Waals surface area contributed by atoms with Gasteiger partial charge in [-0.25, -0.2) is 0 Å². The molecule has 0 unspecified atom stereocenters. The first kappa shape index (κ1) is 14.5. The summed E-state index contributed by atoms with van der Waals surface area (Å²) in [7, 11) is 0. The van der Waals surface area contributed by atoms with Gasteiger partial charge in [0.15, 0.2) is 0 Å². The SMILES string of the molecule is Cc1cccc(CN2CCC[C@@H](N)C2)c1C.Cl. The van der Waals surface area contributed by atoms with Crippen molar-refractivity contribution in [2.45, 2.75) is 39.3 Å². The third kappa shape index (κ3) is 3.70. The third-order valence-corrected chi connectivity index (χ3v) is 3.65. The zero-order valence-corrected chi connectivity index (χ0v) is 11.6. The molecule has 0 bridgehead atoms. The van der Waals surface area contributed by atoms with Gasteiger partial charge in [0.05, 0.1) is 0 Å². The molecular weight excluding hydrogens is 232 g/mol. The second-order valence-corrected chi connectivity index (χ2v) is 5.00. The van der Waals surface area contributed by atoms with Crippen molar-refractivity contribution in [1.82, 2.24) is 4.90 Å². The number of likely N-dealkylation sites (tertiary alicyclic amines) is 1. The molecule has 1 saturated heterocycles. The molecule has 2 rings (SSSR count). The van der Waals surface area contributed by atoms with E-state index >= 15 is 0 Å². The Hall–Kier alpha value is -0.570. The number of rotatable bonds is 2. The maximum atomic E-state index is 6.01. The normalized spacial score (nSPS) is 21.0. The van der Waals surface area contributed by atoms with Crippen molar-refractivity contribution in [3.05, 3.63) is 34.9 Å². The lowest BCUT2D eigenvalue weighted by Gasteiger charge is -2.31. The van der Waals surface area contributed by atoms with Gasteiger partial charge in [0.1, 0.15) is 0 Å². The fourth-order valence-electron chi connectivity index (χ4n) is 2.46. The summed E-state index contributed by atoms with van der Waals surface area (Å²) < 4.78 is 0. The summed E-state index contributed by atoms with van der Waals surface area (Å²) in [5.74, 6) is 0. The molecule has 1 fully saturated rings. The molecule has 1 aliphatic rings. The second-order valence-electron chi connectivity index (χ2n) is 5.00. The maximum absolute atomic E-state index is 6.01. The Morgan fingerprint density at radius 1 is 1.35 bits per heavy atom. The van der Waals surface area contributed by atoms with Crippen LogP contribution in [0.3, 0.4) is 0 Å². The largest absolute Gasteiger partial charge is 0.327 e. The van der Waals surface area contributed by atoms with Gasteiger partial charge < -0.3 is 5.73 Å². The fraction of sp³-hybridized carbons (Fsp3) is 0.571. The summed E-state index contributed by atoms with van der Waals surface area (Å²) in [6, 6.07) is 6.95. The van der Waals surface area contributed by atoms with E-state index in [4.69, 9.17) is 5.73 Å². The van der Waals surface area contributed by atoms with Gasteiger partial charge in [-0.3, -0.25) is 4.90 Å². The summed E-state index contributed by atoms with van der Waals surface area (Å²) in [5.41, 5.74) is 10.3. The smallest absolute Gasteiger partial charge is 0.0237 e. The summed E-state index contributed by atoms with van der Waals surface area (Å²) in [6.07, 6.45) is 2.43. The first-order valence-corrected chi connectivity index (χ1v) is 6.20. The lowest BCUT2D eigenvalue weighted by Crippen LogP contribution is -2.42. The van der Waals surface area contributed by atoms with Crippen LogP contribution in [-0.4, -0.2) is 24.0 Å². The molecule has 1 atom stereocenters. The van der Waals surface area contributed by atoms with Gasteiger partial charge in [0, 0.05) is 19.1 Å². The molecule has 3 heteroatoms. The molecular formula is C14H23ClN2. The van der Waals surface area contributed by atoms with Crippen LogP contribution in [0.25, 0.3) is 0 Å². The number of nitrogens with zero attached hydrogens (tertiary/aromatic N) is 1. The minimum atomic E-state index is 0. The molecule has 0 radical (unpaired) electrons. The molecule has 1 aromatic rings. The first-order valence-electron chi connectivity index (χ1n) is 6.20. The fourth-order valence-corrected chi connectivity index (χ4v) is 2.46. The van der Waals surface area contributed by atoms with Crippen molar-refractivity contribution in [3.63, 3.8) is 0 Å². The predicted octanol–water partition coefficient (Wildman–Crippen LogP) is 2.65. The van der Waals surface area contributed by atoms with Gasteiger partial charge in [-0.1, -0.05) is 18.2 Å². The van der Waals surface area contributed by atoms with E-state index in [1.54, 1.807) is 0 Å². The van der Waals surface area contributed by atoms with E-state index in [0.29, 0.717) is 6.04 Å². The second kappa shape index (κ2) is 6.39. The van der Waals surface area contributed by atoms with Crippen LogP contribution in [0.5, 0.6) is 0 Å². The number of piperidine rings is 1. The Labute approximate surface area is 111 Å². The molecule has 1 aliphatic heterocycles. The molecule has 0 aromatic heterocycles. The van der Waals surface area contributed by atoms with Gasteiger partial charge >= 0.3 is 0 Å². The van der Waals surface area contributed by atoms with E-state index in [0.717, 1.165) is 13.1 Å². The van der Waals surface area contributed by atoms with Crippen LogP contribution in [0, 0.1) is 13.8 Å². The molecule has 0 saturated carbocycles. The lowest BCUT2D eigenvalue weighted by atomic mass is 10.0. The third-order valence-electron chi connectivity index (χ3n) is 3.65. The predicted molar refractivity (Wildman–Crippen MR) is 75.7 cm³/mol. The van der Waals surface area contributed by atoms with E-state index in [1.165, 1.54) is 36.1 Å². The number of nitrogens with two attached hydrogens (primary N) is 1. The number of hydrogen-bond acceptors (Lipinski definition) is 2. The van der Waals surface area contributed by atoms with E-state index in [9.17, 15) is 0 Å². The van der Waals surface area contributed by atoms with Crippen LogP contribution in [-0.2, 0) is 6.54 Å². The van der Waals surface area contributed by atoms with Crippen LogP contribution in [0.15, 0.2) is 18.2 Å². The number of benzene rings is 1. The molecule has 0 amide bonds. The van der Waals surface area contributed by atoms with Crippen molar-refractivity contribution in [3.8, 4) is 0 Å². The molecule has 96 valence electrons. The highest BCUT2D eigenvalue weighted by Gasteiger charge is 2.17. The van der Waals surface area contributed by atoms with Crippen molar-refractivity contribution in [2.24, 2.45) is 5.73 Å². The lowest BCUT2D eigenvalue weighted by molar-refractivity contribution is 0.201. The highest BCUT2D eigenvalue weighted by atomic mass is 35.5. The van der Waals surface area contributed by atoms with Crippen LogP contribution in [0.1, 0.15) is 29.5 Å². The van der Waals surface area contributed by atoms with Gasteiger partial charge in [-0.2, -0.15) is 0 Å². The monoisotopic (exact) mass is 254 g/mol. The van der Waals surface area contributed by atoms with E-state index in [2.05, 4.69) is 36.9 Å². The molecule has 2 N–H and O–H groups in total. The zero-order valence-electron chi connectivity index (χ0n) is 10.8. The average molecular weight is 255 g/mol. The number of hydrogen-bond donors (Lipinski definition) is 1. The Kier molecular flexibility index (Phi) is 5.44. The Balaban J connectivity index is 0.00000144. The molecule has 0 spiro atoms. The van der Waals surface area contributed by atoms with Gasteiger partial charge in [0.2, 0.25) is 0 Å². The quantitative estimate of drug-likeness (QED) is 0.879. The summed E-state index contributed by atoms with van der Waals surface area (Å²) in [4.78, 5) is 2.48. The minimum absolute atomic E-state index is 0. The zero-order chi connectivity index (χ0) is 11.5. The molecule has 1 heterocycles. The summed E-state index contributed by atoms with van der Waals surface area (Å²) >= 11 is 0. The highest BCUT2D eigenvalue weighted by molar-refractivity contribution is 5.85. The van der Waals surface area contributed by atoms with E-state index in [-0.39, 0.29) is 12.4 Å². The molecule has 2 nitrogen and oxygen atoms in total. The minimum Gasteiger partial charge on any atom is -0.327 e. The van der Waals surface area contributed by atoms with Crippen molar-refractivity contribution in [2.75, 3.05) is 13.1 Å². The number of halogens is 1. The van der Waals surface area contributed by atoms with Crippen molar-refractivity contribution >= 4 is 12.4 Å². The number of aryl methyl sites for hydroxylation is 1. The van der Waals surface area contributed by atoms with Crippen LogP contribution < -0.4 is 5.73 Å². The highest BCUT2D eigenvalue weighted by Crippen LogP contribution is 2.17. The Morgan fingerprint density at radius 2 is 2.12 bits per heavy atom. The van der Waals surface area contributed by atoms with Crippen molar-refractivity contribution < 1.29 is 0 Å². The molecule has 17 heavy (non-hydrogen) atoms. The molecule has 1 aromatic carbocycles. The summed E-state index contributed by atoms with van der Waals surface area (Å²) in [5, 5.41) is 0. The topological polar surface area (TPSA) is 29.3 Å². The van der Waals surface area contributed by atoms with Crippen LogP contribution >= 0.6 is 12.4 Å². The van der Waals surface area contributed by atoms with Gasteiger partial charge in [-0.05, 0) is 49.9 Å². The van der Waals surface area contributed by atoms with E-state index < -0.39 is 0 Å². The van der Waals surface area contributed by atoms with Crippen molar-refractivity contribution in [1.29, 1.82) is 0 Å².